The van der Waals surface area contributed by atoms with Gasteiger partial charge in [0.05, 0.1) is 19.3 Å². The van der Waals surface area contributed by atoms with E-state index < -0.39 is 11.5 Å². The number of phenolic OH excluding ortho intramolecular Hbond substituents is 1. The lowest BCUT2D eigenvalue weighted by atomic mass is 10.1. The number of fused-ring (bicyclic) bond motifs is 1. The summed E-state index contributed by atoms with van der Waals surface area (Å²) in [5.41, 5.74) is 3.26. The maximum atomic E-state index is 12.9. The van der Waals surface area contributed by atoms with Gasteiger partial charge in [-0.1, -0.05) is 49.6 Å². The number of unbranched alkanes of at least 4 members (excludes halogenated alkanes) is 3. The van der Waals surface area contributed by atoms with Crippen LogP contribution in [-0.4, -0.2) is 39.1 Å². The van der Waals surface area contributed by atoms with E-state index in [9.17, 15) is 14.7 Å². The zero-order valence-electron chi connectivity index (χ0n) is 26.7. The van der Waals surface area contributed by atoms with Gasteiger partial charge in [-0.2, -0.15) is 0 Å². The number of hydrogen-bond acceptors (Lipinski definition) is 8. The van der Waals surface area contributed by atoms with Crippen LogP contribution in [-0.2, 0) is 19.5 Å². The summed E-state index contributed by atoms with van der Waals surface area (Å²) in [4.78, 5) is 27.6. The molecule has 5 rings (SSSR count). The van der Waals surface area contributed by atoms with Crippen molar-refractivity contribution in [1.82, 2.24) is 20.3 Å². The minimum Gasteiger partial charge on any atom is -0.504 e. The van der Waals surface area contributed by atoms with Crippen molar-refractivity contribution in [3.63, 3.8) is 0 Å². The summed E-state index contributed by atoms with van der Waals surface area (Å²) in [6.45, 7) is 8.55. The highest BCUT2D eigenvalue weighted by Gasteiger charge is 2.15. The van der Waals surface area contributed by atoms with E-state index in [1.807, 2.05) is 54.6 Å². The number of aryl methyl sites for hydroxylation is 1. The Morgan fingerprint density at radius 3 is 2.48 bits per heavy atom. The Kier molecular flexibility index (Phi) is 10.7. The van der Waals surface area contributed by atoms with Gasteiger partial charge in [-0.3, -0.25) is 4.79 Å². The molecule has 0 radical (unpaired) electrons. The predicted molar refractivity (Wildman–Crippen MR) is 179 cm³/mol. The monoisotopic (exact) mass is 623 g/mol. The third kappa shape index (κ3) is 8.12. The number of rotatable bonds is 15. The molecule has 0 spiro atoms. The summed E-state index contributed by atoms with van der Waals surface area (Å²) in [6.07, 6.45) is 7.42. The van der Waals surface area contributed by atoms with Crippen molar-refractivity contribution in [2.24, 2.45) is 0 Å². The lowest BCUT2D eigenvalue weighted by Gasteiger charge is -2.20. The van der Waals surface area contributed by atoms with Gasteiger partial charge in [-0.05, 0) is 80.3 Å². The highest BCUT2D eigenvalue weighted by Crippen LogP contribution is 2.32. The SMILES string of the molecule is CCCCCCc1ccc(Oc2ccc(Cn3cc(CNC(=O)c4cc5ccc(N(CC)CC)cc5oc4=O)nn3)cc2)c(O)c1. The average Bonchev–Trinajstić information content (AvgIpc) is 3.51. The van der Waals surface area contributed by atoms with Gasteiger partial charge in [0.15, 0.2) is 11.5 Å². The van der Waals surface area contributed by atoms with E-state index in [1.54, 1.807) is 23.0 Å². The second kappa shape index (κ2) is 15.2. The van der Waals surface area contributed by atoms with Crippen molar-refractivity contribution < 1.29 is 19.1 Å². The van der Waals surface area contributed by atoms with Crippen LogP contribution in [0.2, 0.25) is 0 Å². The van der Waals surface area contributed by atoms with Crippen molar-refractivity contribution >= 4 is 22.6 Å². The van der Waals surface area contributed by atoms with Crippen LogP contribution in [0.3, 0.4) is 0 Å². The third-order valence-corrected chi connectivity index (χ3v) is 7.95. The molecule has 0 saturated heterocycles. The van der Waals surface area contributed by atoms with Crippen molar-refractivity contribution in [1.29, 1.82) is 0 Å². The summed E-state index contributed by atoms with van der Waals surface area (Å²) in [6, 6.07) is 20.3. The first-order chi connectivity index (χ1) is 22.4. The van der Waals surface area contributed by atoms with E-state index in [1.165, 1.54) is 19.3 Å². The molecule has 0 fully saturated rings. The van der Waals surface area contributed by atoms with E-state index in [2.05, 4.69) is 41.3 Å². The molecule has 0 atom stereocenters. The van der Waals surface area contributed by atoms with Crippen molar-refractivity contribution in [3.8, 4) is 17.2 Å². The normalized spacial score (nSPS) is 11.1. The summed E-state index contributed by atoms with van der Waals surface area (Å²) >= 11 is 0. The van der Waals surface area contributed by atoms with E-state index in [4.69, 9.17) is 9.15 Å². The Morgan fingerprint density at radius 2 is 1.74 bits per heavy atom. The highest BCUT2D eigenvalue weighted by molar-refractivity contribution is 5.96. The van der Waals surface area contributed by atoms with E-state index in [0.29, 0.717) is 34.7 Å². The number of carbonyl (C=O) groups excluding carboxylic acids is 1. The number of amides is 1. The number of aromatic hydroxyl groups is 1. The van der Waals surface area contributed by atoms with Crippen LogP contribution in [0.1, 0.15) is 73.6 Å². The minimum absolute atomic E-state index is 0.0653. The minimum atomic E-state index is -0.692. The fourth-order valence-electron chi connectivity index (χ4n) is 5.34. The van der Waals surface area contributed by atoms with E-state index in [0.717, 1.165) is 42.7 Å². The number of anilines is 1. The molecule has 2 heterocycles. The van der Waals surface area contributed by atoms with Gasteiger partial charge in [0.25, 0.3) is 5.91 Å². The molecular weight excluding hydrogens is 582 g/mol. The summed E-state index contributed by atoms with van der Waals surface area (Å²) < 4.78 is 13.1. The van der Waals surface area contributed by atoms with Crippen LogP contribution in [0, 0.1) is 0 Å². The van der Waals surface area contributed by atoms with Crippen LogP contribution < -0.4 is 20.6 Å². The van der Waals surface area contributed by atoms with Crippen LogP contribution in [0.15, 0.2) is 82.1 Å². The molecule has 0 aliphatic rings. The molecule has 2 aromatic heterocycles. The molecule has 0 aliphatic carbocycles. The number of carbonyl (C=O) groups is 1. The van der Waals surface area contributed by atoms with E-state index >= 15 is 0 Å². The fraction of sp³-hybridized carbons (Fsp3) is 0.333. The number of nitrogens with one attached hydrogen (secondary N) is 1. The molecule has 2 N–H and O–H groups in total. The van der Waals surface area contributed by atoms with Crippen molar-refractivity contribution in [2.75, 3.05) is 18.0 Å². The predicted octanol–water partition coefficient (Wildman–Crippen LogP) is 6.83. The Morgan fingerprint density at radius 1 is 0.957 bits per heavy atom. The molecule has 5 aromatic rings. The second-order valence-electron chi connectivity index (χ2n) is 11.3. The highest BCUT2D eigenvalue weighted by atomic mass is 16.5. The van der Waals surface area contributed by atoms with Gasteiger partial charge in [-0.25, -0.2) is 9.48 Å². The number of aromatic nitrogens is 3. The smallest absolute Gasteiger partial charge is 0.349 e. The average molecular weight is 624 g/mol. The van der Waals surface area contributed by atoms with Gasteiger partial charge < -0.3 is 24.5 Å². The van der Waals surface area contributed by atoms with E-state index in [-0.39, 0.29) is 17.9 Å². The van der Waals surface area contributed by atoms with Gasteiger partial charge in [-0.15, -0.1) is 5.10 Å². The maximum Gasteiger partial charge on any atom is 0.349 e. The van der Waals surface area contributed by atoms with Crippen LogP contribution in [0.4, 0.5) is 5.69 Å². The Balaban J connectivity index is 1.14. The third-order valence-electron chi connectivity index (χ3n) is 7.95. The molecule has 3 aromatic carbocycles. The fourth-order valence-corrected chi connectivity index (χ4v) is 5.34. The number of hydrogen-bond donors (Lipinski definition) is 2. The topological polar surface area (TPSA) is 123 Å². The Hall–Kier alpha value is -5.12. The number of ether oxygens (including phenoxy) is 1. The molecule has 46 heavy (non-hydrogen) atoms. The first kappa shape index (κ1) is 32.3. The van der Waals surface area contributed by atoms with Crippen LogP contribution in [0.25, 0.3) is 11.0 Å². The van der Waals surface area contributed by atoms with Gasteiger partial charge >= 0.3 is 5.63 Å². The second-order valence-corrected chi connectivity index (χ2v) is 11.3. The number of phenols is 1. The molecule has 0 unspecified atom stereocenters. The largest absolute Gasteiger partial charge is 0.504 e. The summed E-state index contributed by atoms with van der Waals surface area (Å²) in [5, 5.41) is 22.2. The van der Waals surface area contributed by atoms with Gasteiger partial charge in [0.2, 0.25) is 0 Å². The zero-order chi connectivity index (χ0) is 32.5. The summed E-state index contributed by atoms with van der Waals surface area (Å²) in [7, 11) is 0. The van der Waals surface area contributed by atoms with Crippen LogP contribution >= 0.6 is 0 Å². The van der Waals surface area contributed by atoms with Crippen molar-refractivity contribution in [3.05, 3.63) is 106 Å². The zero-order valence-corrected chi connectivity index (χ0v) is 26.7. The molecular formula is C36H41N5O5. The first-order valence-electron chi connectivity index (χ1n) is 16.0. The molecule has 1 amide bonds. The number of benzene rings is 3. The number of nitrogens with zero attached hydrogens (tertiary/aromatic N) is 4. The van der Waals surface area contributed by atoms with Gasteiger partial charge in [0, 0.05) is 30.2 Å². The Bertz CT molecular complexity index is 1830. The first-order valence-corrected chi connectivity index (χ1v) is 16.0. The molecule has 0 aliphatic heterocycles. The summed E-state index contributed by atoms with van der Waals surface area (Å²) in [5.74, 6) is 0.615. The van der Waals surface area contributed by atoms with Crippen LogP contribution in [0.5, 0.6) is 17.2 Å². The van der Waals surface area contributed by atoms with Gasteiger partial charge in [0.1, 0.15) is 22.6 Å². The molecule has 10 nitrogen and oxygen atoms in total. The molecule has 0 bridgehead atoms. The maximum absolute atomic E-state index is 12.9. The molecule has 0 saturated carbocycles. The lowest BCUT2D eigenvalue weighted by Crippen LogP contribution is -2.28. The quantitative estimate of drug-likeness (QED) is 0.0961. The Labute approximate surface area is 268 Å². The standard InChI is InChI=1S/C36H41N5O5/c1-4-7-8-9-10-25-13-18-33(32(42)19-25)45-30-16-11-26(12-17-30)23-41-24-28(38-39-41)22-37-35(43)31-20-27-14-15-29(40(5-2)6-3)21-34(27)46-36(31)44/h11-21,24,42H,4-10,22-23H2,1-3H3,(H,37,43). The van der Waals surface area contributed by atoms with Crippen molar-refractivity contribution in [2.45, 2.75) is 66.0 Å². The lowest BCUT2D eigenvalue weighted by molar-refractivity contribution is 0.0947. The molecule has 10 heteroatoms. The molecule has 240 valence electrons.